The lowest BCUT2D eigenvalue weighted by molar-refractivity contribution is 0.800. The van der Waals surface area contributed by atoms with Crippen molar-refractivity contribution in [3.8, 4) is 6.07 Å². The Bertz CT molecular complexity index is 309. The molecule has 0 aliphatic carbocycles. The number of nitriles is 1. The average Bonchev–Trinajstić information content (AvgIpc) is 2.30. The summed E-state index contributed by atoms with van der Waals surface area (Å²) in [6.07, 6.45) is 1.89. The van der Waals surface area contributed by atoms with Gasteiger partial charge in [-0.3, -0.25) is 0 Å². The van der Waals surface area contributed by atoms with E-state index in [0.717, 1.165) is 5.16 Å². The van der Waals surface area contributed by atoms with Gasteiger partial charge in [-0.15, -0.1) is 0 Å². The van der Waals surface area contributed by atoms with Gasteiger partial charge in [0, 0.05) is 7.05 Å². The molecule has 0 spiro atoms. The Hall–Kier alpha value is -1.15. The Morgan fingerprint density at radius 3 is 2.64 bits per heavy atom. The SMILES string of the molecule is CSc1nc(C#N)c(N)n1C. The molecule has 0 aliphatic heterocycles. The molecule has 1 heterocycles. The predicted octanol–water partition coefficient (Wildman–Crippen LogP) is 0.596. The van der Waals surface area contributed by atoms with Gasteiger partial charge in [0.25, 0.3) is 0 Å². The lowest BCUT2D eigenvalue weighted by Gasteiger charge is -1.96. The first-order valence-corrected chi connectivity index (χ1v) is 4.19. The first-order valence-electron chi connectivity index (χ1n) is 2.97. The van der Waals surface area contributed by atoms with Gasteiger partial charge < -0.3 is 10.3 Å². The summed E-state index contributed by atoms with van der Waals surface area (Å²) in [5.74, 6) is 0.428. The van der Waals surface area contributed by atoms with Crippen LogP contribution in [0.4, 0.5) is 5.82 Å². The van der Waals surface area contributed by atoms with E-state index in [1.165, 1.54) is 11.8 Å². The molecule has 0 bridgehead atoms. The van der Waals surface area contributed by atoms with Crippen LogP contribution in [0.15, 0.2) is 5.16 Å². The van der Waals surface area contributed by atoms with Gasteiger partial charge in [0.1, 0.15) is 11.9 Å². The molecule has 4 nitrogen and oxygen atoms in total. The molecule has 0 atom stereocenters. The van der Waals surface area contributed by atoms with E-state index in [4.69, 9.17) is 11.0 Å². The van der Waals surface area contributed by atoms with Gasteiger partial charge in [0.15, 0.2) is 10.9 Å². The van der Waals surface area contributed by atoms with Gasteiger partial charge >= 0.3 is 0 Å². The van der Waals surface area contributed by atoms with Crippen LogP contribution in [0.25, 0.3) is 0 Å². The van der Waals surface area contributed by atoms with E-state index in [-0.39, 0.29) is 0 Å². The molecule has 0 saturated heterocycles. The number of anilines is 1. The summed E-state index contributed by atoms with van der Waals surface area (Å²) in [5.41, 5.74) is 5.86. The predicted molar refractivity (Wildman–Crippen MR) is 44.1 cm³/mol. The highest BCUT2D eigenvalue weighted by molar-refractivity contribution is 7.98. The first kappa shape index (κ1) is 7.95. The zero-order valence-electron chi connectivity index (χ0n) is 6.33. The van der Waals surface area contributed by atoms with Crippen LogP contribution in [0.5, 0.6) is 0 Å². The molecule has 0 saturated carbocycles. The number of nitrogens with two attached hydrogens (primary N) is 1. The van der Waals surface area contributed by atoms with Crippen molar-refractivity contribution in [1.29, 1.82) is 5.26 Å². The summed E-state index contributed by atoms with van der Waals surface area (Å²) in [7, 11) is 1.79. The second kappa shape index (κ2) is 2.84. The smallest absolute Gasteiger partial charge is 0.183 e. The highest BCUT2D eigenvalue weighted by atomic mass is 32.2. The zero-order chi connectivity index (χ0) is 8.43. The van der Waals surface area contributed by atoms with Gasteiger partial charge in [0.05, 0.1) is 0 Å². The maximum atomic E-state index is 8.54. The lowest BCUT2D eigenvalue weighted by Crippen LogP contribution is -1.97. The summed E-state index contributed by atoms with van der Waals surface area (Å²) in [6.45, 7) is 0. The fourth-order valence-electron chi connectivity index (χ4n) is 0.755. The minimum atomic E-state index is 0.303. The van der Waals surface area contributed by atoms with E-state index in [9.17, 15) is 0 Å². The maximum absolute atomic E-state index is 8.54. The number of aromatic nitrogens is 2. The molecule has 0 fully saturated rings. The average molecular weight is 168 g/mol. The van der Waals surface area contributed by atoms with Crippen LogP contribution in [-0.4, -0.2) is 15.8 Å². The quantitative estimate of drug-likeness (QED) is 0.623. The molecule has 11 heavy (non-hydrogen) atoms. The number of thioether (sulfide) groups is 1. The van der Waals surface area contributed by atoms with Crippen molar-refractivity contribution in [2.75, 3.05) is 12.0 Å². The number of nitrogens with zero attached hydrogens (tertiary/aromatic N) is 3. The minimum absolute atomic E-state index is 0.303. The van der Waals surface area contributed by atoms with Crippen molar-refractivity contribution in [1.82, 2.24) is 9.55 Å². The van der Waals surface area contributed by atoms with Gasteiger partial charge in [-0.25, -0.2) is 4.98 Å². The molecule has 0 radical (unpaired) electrons. The molecule has 58 valence electrons. The fourth-order valence-corrected chi connectivity index (χ4v) is 1.31. The zero-order valence-corrected chi connectivity index (χ0v) is 7.14. The number of rotatable bonds is 1. The van der Waals surface area contributed by atoms with Crippen LogP contribution in [0.3, 0.4) is 0 Å². The molecule has 0 amide bonds. The molecule has 1 rings (SSSR count). The van der Waals surface area contributed by atoms with Crippen molar-refractivity contribution in [3.05, 3.63) is 5.69 Å². The Morgan fingerprint density at radius 1 is 1.73 bits per heavy atom. The fraction of sp³-hybridized carbons (Fsp3) is 0.333. The molecular weight excluding hydrogens is 160 g/mol. The molecule has 1 aromatic heterocycles. The highest BCUT2D eigenvalue weighted by Gasteiger charge is 2.09. The van der Waals surface area contributed by atoms with E-state index < -0.39 is 0 Å². The van der Waals surface area contributed by atoms with Crippen LogP contribution in [0, 0.1) is 11.3 Å². The maximum Gasteiger partial charge on any atom is 0.183 e. The number of nitrogen functional groups attached to an aromatic ring is 1. The van der Waals surface area contributed by atoms with E-state index in [1.54, 1.807) is 11.6 Å². The van der Waals surface area contributed by atoms with E-state index in [1.807, 2.05) is 12.3 Å². The van der Waals surface area contributed by atoms with Crippen LogP contribution in [0.2, 0.25) is 0 Å². The third kappa shape index (κ3) is 1.17. The third-order valence-electron chi connectivity index (χ3n) is 1.39. The molecule has 2 N–H and O–H groups in total. The van der Waals surface area contributed by atoms with Crippen molar-refractivity contribution in [3.63, 3.8) is 0 Å². The summed E-state index contributed by atoms with van der Waals surface area (Å²) in [5, 5.41) is 9.30. The standard InChI is InChI=1S/C6H8N4S/c1-10-5(8)4(3-7)9-6(10)11-2/h8H2,1-2H3. The number of imidazole rings is 1. The minimum Gasteiger partial charge on any atom is -0.383 e. The van der Waals surface area contributed by atoms with E-state index in [0.29, 0.717) is 11.5 Å². The second-order valence-electron chi connectivity index (χ2n) is 2.00. The van der Waals surface area contributed by atoms with Crippen LogP contribution in [0.1, 0.15) is 5.69 Å². The van der Waals surface area contributed by atoms with E-state index >= 15 is 0 Å². The summed E-state index contributed by atoms with van der Waals surface area (Å²) in [6, 6.07) is 1.92. The van der Waals surface area contributed by atoms with Gasteiger partial charge in [0.2, 0.25) is 0 Å². The molecule has 0 aliphatic rings. The van der Waals surface area contributed by atoms with Gasteiger partial charge in [-0.2, -0.15) is 5.26 Å². The van der Waals surface area contributed by atoms with Gasteiger partial charge in [-0.05, 0) is 6.26 Å². The van der Waals surface area contributed by atoms with Crippen molar-refractivity contribution < 1.29 is 0 Å². The lowest BCUT2D eigenvalue weighted by atomic mass is 10.5. The topological polar surface area (TPSA) is 67.6 Å². The summed E-state index contributed by atoms with van der Waals surface area (Å²) < 4.78 is 1.70. The molecule has 5 heteroatoms. The van der Waals surface area contributed by atoms with Crippen LogP contribution >= 0.6 is 11.8 Å². The third-order valence-corrected chi connectivity index (χ3v) is 2.12. The summed E-state index contributed by atoms with van der Waals surface area (Å²) in [4.78, 5) is 3.99. The molecule has 0 aromatic carbocycles. The summed E-state index contributed by atoms with van der Waals surface area (Å²) >= 11 is 1.47. The Morgan fingerprint density at radius 2 is 2.36 bits per heavy atom. The number of hydrogen-bond donors (Lipinski definition) is 1. The van der Waals surface area contributed by atoms with Crippen LogP contribution < -0.4 is 5.73 Å². The second-order valence-corrected chi connectivity index (χ2v) is 2.78. The Labute approximate surface area is 69.0 Å². The largest absolute Gasteiger partial charge is 0.383 e. The molecule has 0 unspecified atom stereocenters. The molecular formula is C6H8N4S. The van der Waals surface area contributed by atoms with Crippen LogP contribution in [-0.2, 0) is 7.05 Å². The highest BCUT2D eigenvalue weighted by Crippen LogP contribution is 2.18. The monoisotopic (exact) mass is 168 g/mol. The normalized spacial score (nSPS) is 9.55. The molecule has 1 aromatic rings. The van der Waals surface area contributed by atoms with E-state index in [2.05, 4.69) is 4.98 Å². The first-order chi connectivity index (χ1) is 5.20. The Balaban J connectivity index is 3.26. The van der Waals surface area contributed by atoms with Gasteiger partial charge in [-0.1, -0.05) is 11.8 Å². The Kier molecular flexibility index (Phi) is 2.06. The van der Waals surface area contributed by atoms with Crippen molar-refractivity contribution in [2.24, 2.45) is 7.05 Å². The van der Waals surface area contributed by atoms with Crippen molar-refractivity contribution in [2.45, 2.75) is 5.16 Å². The number of hydrogen-bond acceptors (Lipinski definition) is 4. The van der Waals surface area contributed by atoms with Crippen molar-refractivity contribution >= 4 is 17.6 Å².